The van der Waals surface area contributed by atoms with Crippen LogP contribution in [-0.2, 0) is 4.79 Å². The fourth-order valence-corrected chi connectivity index (χ4v) is 6.26. The molecule has 1 saturated heterocycles. The summed E-state index contributed by atoms with van der Waals surface area (Å²) in [6.45, 7) is 8.59. The molecule has 3 aliphatic rings. The molecule has 192 valence electrons. The number of piperazine rings is 1. The maximum atomic E-state index is 13.7. The van der Waals surface area contributed by atoms with Gasteiger partial charge in [0.05, 0.1) is 18.1 Å². The van der Waals surface area contributed by atoms with Crippen molar-refractivity contribution in [3.63, 3.8) is 0 Å². The highest BCUT2D eigenvalue weighted by Crippen LogP contribution is 2.41. The summed E-state index contributed by atoms with van der Waals surface area (Å²) >= 11 is 0. The van der Waals surface area contributed by atoms with Gasteiger partial charge in [-0.3, -0.25) is 14.6 Å². The minimum Gasteiger partial charge on any atom is -0.393 e. The van der Waals surface area contributed by atoms with E-state index in [4.69, 9.17) is 0 Å². The van der Waals surface area contributed by atoms with E-state index in [9.17, 15) is 23.1 Å². The molecule has 5 nitrogen and oxygen atoms in total. The van der Waals surface area contributed by atoms with E-state index >= 15 is 0 Å². The van der Waals surface area contributed by atoms with Gasteiger partial charge in [-0.2, -0.15) is 13.2 Å². The molecule has 2 saturated carbocycles. The molecular formula is C25H44F3N3O2. The smallest absolute Gasteiger partial charge is 0.391 e. The third-order valence-corrected chi connectivity index (χ3v) is 8.31. The Hall–Kier alpha value is -0.860. The van der Waals surface area contributed by atoms with Gasteiger partial charge < -0.3 is 10.0 Å². The fourth-order valence-electron chi connectivity index (χ4n) is 6.26. The van der Waals surface area contributed by atoms with Crippen molar-refractivity contribution in [3.05, 3.63) is 0 Å². The number of nitrogens with zero attached hydrogens (tertiary/aromatic N) is 3. The molecule has 1 N–H and O–H groups in total. The monoisotopic (exact) mass is 475 g/mol. The van der Waals surface area contributed by atoms with E-state index in [1.807, 2.05) is 7.05 Å². The molecule has 0 spiro atoms. The molecule has 0 radical (unpaired) electrons. The largest absolute Gasteiger partial charge is 0.393 e. The Morgan fingerprint density at radius 3 is 2.18 bits per heavy atom. The maximum Gasteiger partial charge on any atom is 0.391 e. The summed E-state index contributed by atoms with van der Waals surface area (Å²) in [4.78, 5) is 20.2. The van der Waals surface area contributed by atoms with Crippen LogP contribution in [0.5, 0.6) is 0 Å². The molecule has 3 unspecified atom stereocenters. The van der Waals surface area contributed by atoms with Gasteiger partial charge in [0.2, 0.25) is 5.91 Å². The van der Waals surface area contributed by atoms with Crippen molar-refractivity contribution >= 4 is 5.91 Å². The lowest BCUT2D eigenvalue weighted by atomic mass is 9.78. The van der Waals surface area contributed by atoms with Crippen LogP contribution < -0.4 is 0 Å². The lowest BCUT2D eigenvalue weighted by Crippen LogP contribution is -2.58. The van der Waals surface area contributed by atoms with Crippen molar-refractivity contribution in [2.75, 3.05) is 39.8 Å². The SMILES string of the molecule is CC(C)N1CCN([C@H](C(=O)N(C)CCC2CC(O)CC(C(F)(F)F)C2)C2CCCCC2)CC1. The minimum absolute atomic E-state index is 0.0613. The molecule has 3 rings (SSSR count). The summed E-state index contributed by atoms with van der Waals surface area (Å²) in [5, 5.41) is 9.99. The Bertz CT molecular complexity index is 617. The molecule has 1 heterocycles. The molecule has 1 amide bonds. The quantitative estimate of drug-likeness (QED) is 0.601. The topological polar surface area (TPSA) is 47.0 Å². The molecule has 4 atom stereocenters. The molecule has 0 aromatic carbocycles. The van der Waals surface area contributed by atoms with Gasteiger partial charge in [-0.05, 0) is 64.2 Å². The van der Waals surface area contributed by atoms with Crippen LogP contribution in [0.2, 0.25) is 0 Å². The molecule has 8 heteroatoms. The number of rotatable bonds is 7. The van der Waals surface area contributed by atoms with E-state index in [1.165, 1.54) is 19.3 Å². The first kappa shape index (κ1) is 26.7. The van der Waals surface area contributed by atoms with Gasteiger partial charge in [-0.25, -0.2) is 0 Å². The van der Waals surface area contributed by atoms with Crippen LogP contribution in [0.1, 0.15) is 71.6 Å². The van der Waals surface area contributed by atoms with Gasteiger partial charge in [0, 0.05) is 45.8 Å². The lowest BCUT2D eigenvalue weighted by molar-refractivity contribution is -0.195. The van der Waals surface area contributed by atoms with Crippen LogP contribution in [-0.4, -0.2) is 89.8 Å². The van der Waals surface area contributed by atoms with E-state index in [0.29, 0.717) is 31.3 Å². The van der Waals surface area contributed by atoms with Crippen LogP contribution in [0, 0.1) is 17.8 Å². The number of hydrogen-bond donors (Lipinski definition) is 1. The molecule has 3 fully saturated rings. The lowest BCUT2D eigenvalue weighted by Gasteiger charge is -2.44. The van der Waals surface area contributed by atoms with Crippen molar-refractivity contribution < 1.29 is 23.1 Å². The summed E-state index contributed by atoms with van der Waals surface area (Å²) in [5.74, 6) is -1.13. The Kier molecular flexibility index (Phi) is 9.49. The van der Waals surface area contributed by atoms with Gasteiger partial charge in [-0.1, -0.05) is 19.3 Å². The Labute approximate surface area is 197 Å². The molecule has 2 aliphatic carbocycles. The number of alkyl halides is 3. The highest BCUT2D eigenvalue weighted by molar-refractivity contribution is 5.82. The summed E-state index contributed by atoms with van der Waals surface area (Å²) in [7, 11) is 1.81. The average Bonchev–Trinajstić information content (AvgIpc) is 2.77. The van der Waals surface area contributed by atoms with Gasteiger partial charge in [0.1, 0.15) is 0 Å². The number of carbonyl (C=O) groups excluding carboxylic acids is 1. The normalized spacial score (nSPS) is 29.9. The summed E-state index contributed by atoms with van der Waals surface area (Å²) in [6.07, 6.45) is 1.36. The number of aliphatic hydroxyl groups excluding tert-OH is 1. The second-order valence-corrected chi connectivity index (χ2v) is 11.0. The van der Waals surface area contributed by atoms with Crippen LogP contribution in [0.4, 0.5) is 13.2 Å². The molecule has 1 aliphatic heterocycles. The number of likely N-dealkylation sites (N-methyl/N-ethyl adjacent to an activating group) is 1. The fraction of sp³-hybridized carbons (Fsp3) is 0.960. The van der Waals surface area contributed by atoms with Crippen molar-refractivity contribution in [2.24, 2.45) is 17.8 Å². The molecule has 0 bridgehead atoms. The van der Waals surface area contributed by atoms with Gasteiger partial charge in [0.15, 0.2) is 0 Å². The molecule has 33 heavy (non-hydrogen) atoms. The van der Waals surface area contributed by atoms with Crippen LogP contribution >= 0.6 is 0 Å². The second kappa shape index (κ2) is 11.7. The van der Waals surface area contributed by atoms with E-state index in [0.717, 1.165) is 39.0 Å². The first-order chi connectivity index (χ1) is 15.6. The van der Waals surface area contributed by atoms with E-state index in [1.54, 1.807) is 4.90 Å². The van der Waals surface area contributed by atoms with Crippen LogP contribution in [0.15, 0.2) is 0 Å². The van der Waals surface area contributed by atoms with Gasteiger partial charge in [-0.15, -0.1) is 0 Å². The van der Waals surface area contributed by atoms with E-state index in [-0.39, 0.29) is 30.7 Å². The van der Waals surface area contributed by atoms with Crippen molar-refractivity contribution in [1.29, 1.82) is 0 Å². The third kappa shape index (κ3) is 7.31. The first-order valence-corrected chi connectivity index (χ1v) is 13.0. The highest BCUT2D eigenvalue weighted by atomic mass is 19.4. The first-order valence-electron chi connectivity index (χ1n) is 13.0. The van der Waals surface area contributed by atoms with Gasteiger partial charge in [0.25, 0.3) is 0 Å². The predicted molar refractivity (Wildman–Crippen MR) is 124 cm³/mol. The molecular weight excluding hydrogens is 431 g/mol. The predicted octanol–water partition coefficient (Wildman–Crippen LogP) is 4.15. The second-order valence-electron chi connectivity index (χ2n) is 11.0. The standard InChI is InChI=1S/C25H44F3N3O2/c1-18(2)30-11-13-31(14-12-30)23(20-7-5-4-6-8-20)24(33)29(3)10-9-19-15-21(25(26,27)28)17-22(32)16-19/h18-23,32H,4-17H2,1-3H3/t19?,21?,22?,23-/m0/s1. The highest BCUT2D eigenvalue weighted by Gasteiger charge is 2.44. The van der Waals surface area contributed by atoms with Crippen LogP contribution in [0.3, 0.4) is 0 Å². The van der Waals surface area contributed by atoms with Crippen molar-refractivity contribution in [3.8, 4) is 0 Å². The number of aliphatic hydroxyl groups is 1. The maximum absolute atomic E-state index is 13.7. The minimum atomic E-state index is -4.26. The summed E-state index contributed by atoms with van der Waals surface area (Å²) in [6, 6.07) is 0.384. The zero-order valence-electron chi connectivity index (χ0n) is 20.7. The zero-order chi connectivity index (χ0) is 24.2. The number of hydrogen-bond acceptors (Lipinski definition) is 4. The Morgan fingerprint density at radius 1 is 1.00 bits per heavy atom. The zero-order valence-corrected chi connectivity index (χ0v) is 20.7. The van der Waals surface area contributed by atoms with Gasteiger partial charge >= 0.3 is 6.18 Å². The molecule has 0 aromatic heterocycles. The number of halogens is 3. The van der Waals surface area contributed by atoms with E-state index in [2.05, 4.69) is 23.6 Å². The molecule has 0 aromatic rings. The Balaban J connectivity index is 1.60. The average molecular weight is 476 g/mol. The summed E-state index contributed by atoms with van der Waals surface area (Å²) in [5.41, 5.74) is 0. The summed E-state index contributed by atoms with van der Waals surface area (Å²) < 4.78 is 39.7. The third-order valence-electron chi connectivity index (χ3n) is 8.31. The van der Waals surface area contributed by atoms with E-state index < -0.39 is 18.2 Å². The van der Waals surface area contributed by atoms with Crippen molar-refractivity contribution in [2.45, 2.75) is 96.0 Å². The Morgan fingerprint density at radius 2 is 1.61 bits per heavy atom. The van der Waals surface area contributed by atoms with Crippen molar-refractivity contribution in [1.82, 2.24) is 14.7 Å². The van der Waals surface area contributed by atoms with Crippen LogP contribution in [0.25, 0.3) is 0 Å². The number of carbonyl (C=O) groups is 1. The number of amides is 1.